The Kier molecular flexibility index (Phi) is 40.0. The number of aliphatic hydroxyl groups is 1. The van der Waals surface area contributed by atoms with E-state index in [0.717, 1.165) is 25.5 Å². The second-order valence-corrected chi connectivity index (χ2v) is 5.45. The van der Waals surface area contributed by atoms with Crippen LogP contribution in [0.3, 0.4) is 0 Å². The van der Waals surface area contributed by atoms with E-state index in [9.17, 15) is 0 Å². The molecule has 1 fully saturated rings. The molecule has 1 aliphatic rings. The van der Waals surface area contributed by atoms with Crippen LogP contribution >= 0.6 is 0 Å². The lowest BCUT2D eigenvalue weighted by atomic mass is 9.65. The predicted octanol–water partition coefficient (Wildman–Crippen LogP) is 9.25. The van der Waals surface area contributed by atoms with Crippen molar-refractivity contribution in [3.63, 3.8) is 0 Å². The van der Waals surface area contributed by atoms with Crippen LogP contribution in [0.4, 0.5) is 0 Å². The molecule has 0 radical (unpaired) electrons. The van der Waals surface area contributed by atoms with Crippen molar-refractivity contribution in [2.45, 2.75) is 88.0 Å². The average Bonchev–Trinajstić information content (AvgIpc) is 2.78. The van der Waals surface area contributed by atoms with Gasteiger partial charge in [0.25, 0.3) is 0 Å². The second kappa shape index (κ2) is 30.1. The monoisotopic (exact) mass is 392 g/mol. The van der Waals surface area contributed by atoms with Gasteiger partial charge in [0.05, 0.1) is 0 Å². The van der Waals surface area contributed by atoms with Crippen LogP contribution in [0.5, 0.6) is 0 Å². The van der Waals surface area contributed by atoms with Gasteiger partial charge in [0.15, 0.2) is 0 Å². The van der Waals surface area contributed by atoms with Gasteiger partial charge >= 0.3 is 0 Å². The lowest BCUT2D eigenvalue weighted by Gasteiger charge is -2.39. The number of hydrogen-bond donors (Lipinski definition) is 1. The van der Waals surface area contributed by atoms with E-state index < -0.39 is 0 Å². The topological polar surface area (TPSA) is 20.2 Å². The third kappa shape index (κ3) is 16.6. The molecule has 1 nitrogen and oxygen atoms in total. The van der Waals surface area contributed by atoms with E-state index in [-0.39, 0.29) is 12.8 Å². The second-order valence-electron chi connectivity index (χ2n) is 5.45. The molecule has 0 amide bonds. The van der Waals surface area contributed by atoms with Gasteiger partial charge in [0.1, 0.15) is 0 Å². The Morgan fingerprint density at radius 3 is 1.50 bits per heavy atom. The fraction of sp³-hybridized carbons (Fsp3) is 0.556. The first-order valence-corrected chi connectivity index (χ1v) is 10.4. The maximum atomic E-state index is 7.00. The summed E-state index contributed by atoms with van der Waals surface area (Å²) in [6.45, 7) is 26.4. The maximum absolute atomic E-state index is 7.00. The van der Waals surface area contributed by atoms with E-state index >= 15 is 0 Å². The molecule has 0 aromatic rings. The molecule has 1 aliphatic carbocycles. The van der Waals surface area contributed by atoms with Crippen LogP contribution in [0.15, 0.2) is 73.4 Å². The summed E-state index contributed by atoms with van der Waals surface area (Å²) in [5.41, 5.74) is 2.38. The molecule has 166 valence electrons. The minimum atomic E-state index is 0. The van der Waals surface area contributed by atoms with Crippen molar-refractivity contribution in [1.82, 2.24) is 0 Å². The van der Waals surface area contributed by atoms with Crippen LogP contribution in [0, 0.1) is 5.41 Å². The van der Waals surface area contributed by atoms with Crippen molar-refractivity contribution in [3.05, 3.63) is 73.4 Å². The molecule has 0 bridgehead atoms. The highest BCUT2D eigenvalue weighted by Gasteiger charge is 2.34. The first kappa shape index (κ1) is 37.2. The highest BCUT2D eigenvalue weighted by molar-refractivity contribution is 5.39. The Morgan fingerprint density at radius 2 is 1.18 bits per heavy atom. The number of hydrogen-bond acceptors (Lipinski definition) is 1. The van der Waals surface area contributed by atoms with Gasteiger partial charge in [-0.2, -0.15) is 0 Å². The van der Waals surface area contributed by atoms with Gasteiger partial charge in [-0.3, -0.25) is 0 Å². The lowest BCUT2D eigenvalue weighted by Crippen LogP contribution is -2.26. The fourth-order valence-corrected chi connectivity index (χ4v) is 2.64. The molecule has 1 heteroatoms. The highest BCUT2D eigenvalue weighted by Crippen LogP contribution is 2.47. The predicted molar refractivity (Wildman–Crippen MR) is 136 cm³/mol. The molecule has 0 saturated heterocycles. The summed E-state index contributed by atoms with van der Waals surface area (Å²) in [7, 11) is 1.00. The fourth-order valence-electron chi connectivity index (χ4n) is 2.64. The molecule has 1 saturated carbocycles. The Balaban J connectivity index is -0.000000137. The summed E-state index contributed by atoms with van der Waals surface area (Å²) >= 11 is 0. The zero-order chi connectivity index (χ0) is 22.1. The summed E-state index contributed by atoms with van der Waals surface area (Å²) in [6, 6.07) is 0. The van der Waals surface area contributed by atoms with E-state index in [1.54, 1.807) is 0 Å². The smallest absolute Gasteiger partial charge is 0.0319 e. The normalized spacial score (nSPS) is 13.9. The van der Waals surface area contributed by atoms with Gasteiger partial charge in [0.2, 0.25) is 0 Å². The van der Waals surface area contributed by atoms with Crippen LogP contribution in [0.25, 0.3) is 0 Å². The van der Waals surface area contributed by atoms with Crippen molar-refractivity contribution in [2.24, 2.45) is 5.41 Å². The summed E-state index contributed by atoms with van der Waals surface area (Å²) in [5, 5.41) is 7.00. The molecule has 0 unspecified atom stereocenters. The molecule has 28 heavy (non-hydrogen) atoms. The first-order valence-electron chi connectivity index (χ1n) is 10.4. The molecule has 0 atom stereocenters. The van der Waals surface area contributed by atoms with E-state index in [0.29, 0.717) is 0 Å². The number of rotatable bonds is 5. The van der Waals surface area contributed by atoms with Crippen LogP contribution in [0.1, 0.15) is 88.0 Å². The van der Waals surface area contributed by atoms with Gasteiger partial charge < -0.3 is 5.11 Å². The first-order chi connectivity index (χ1) is 13.1. The Labute approximate surface area is 179 Å². The number of aliphatic hydroxyl groups excluding tert-OH is 1. The SMILES string of the molecule is C.C/C=C\C.C=CC(=C)C1(C(=C)/C=C\C=C/C)CCCCC1.CC.CC.CO. The molecular formula is C27H52O. The van der Waals surface area contributed by atoms with Crippen molar-refractivity contribution in [3.8, 4) is 0 Å². The third-order valence-electron chi connectivity index (χ3n) is 4.12. The van der Waals surface area contributed by atoms with Gasteiger partial charge in [-0.15, -0.1) is 0 Å². The van der Waals surface area contributed by atoms with Crippen LogP contribution in [-0.2, 0) is 0 Å². The highest BCUT2D eigenvalue weighted by atomic mass is 16.2. The average molecular weight is 393 g/mol. The van der Waals surface area contributed by atoms with E-state index in [1.165, 1.54) is 24.8 Å². The van der Waals surface area contributed by atoms with Crippen molar-refractivity contribution < 1.29 is 5.11 Å². The molecule has 0 spiro atoms. The van der Waals surface area contributed by atoms with Crippen LogP contribution in [0.2, 0.25) is 0 Å². The zero-order valence-corrected chi connectivity index (χ0v) is 19.6. The van der Waals surface area contributed by atoms with Gasteiger partial charge in [-0.1, -0.05) is 117 Å². The minimum absolute atomic E-state index is 0. The Bertz CT molecular complexity index is 412. The molecule has 1 rings (SSSR count). The largest absolute Gasteiger partial charge is 0.400 e. The van der Waals surface area contributed by atoms with Gasteiger partial charge in [-0.25, -0.2) is 0 Å². The Morgan fingerprint density at radius 1 is 0.750 bits per heavy atom. The molecule has 0 aromatic heterocycles. The maximum Gasteiger partial charge on any atom is 0.0319 e. The molecule has 0 heterocycles. The van der Waals surface area contributed by atoms with Crippen molar-refractivity contribution in [2.75, 3.05) is 7.11 Å². The minimum Gasteiger partial charge on any atom is -0.400 e. The van der Waals surface area contributed by atoms with Crippen molar-refractivity contribution >= 4 is 0 Å². The molecule has 0 aliphatic heterocycles. The Hall–Kier alpha value is -1.60. The van der Waals surface area contributed by atoms with E-state index in [4.69, 9.17) is 5.11 Å². The van der Waals surface area contributed by atoms with Crippen LogP contribution in [-0.4, -0.2) is 12.2 Å². The molecule has 1 N–H and O–H groups in total. The standard InChI is InChI=1S/C17H24.C4H8.2C2H6.CH4O.CH4/c1-5-7-9-12-16(4)17(15(3)6-2)13-10-8-11-14-17;1-3-4-2;3*1-2;/h5-7,9,12H,2-4,8,10-11,13-14H2,1H3;3-4H,1-2H3;2*1-2H3;2H,1H3;1H4/b7-5-,12-9-;4-3-;;;;. The molecular weight excluding hydrogens is 340 g/mol. The lowest BCUT2D eigenvalue weighted by molar-refractivity contribution is 0.302. The summed E-state index contributed by atoms with van der Waals surface area (Å²) in [4.78, 5) is 0. The third-order valence-corrected chi connectivity index (χ3v) is 4.12. The quantitative estimate of drug-likeness (QED) is 0.365. The summed E-state index contributed by atoms with van der Waals surface area (Å²) in [5.74, 6) is 0. The summed E-state index contributed by atoms with van der Waals surface area (Å²) < 4.78 is 0. The molecule has 0 aromatic carbocycles. The summed E-state index contributed by atoms with van der Waals surface area (Å²) in [6.07, 6.45) is 20.4. The van der Waals surface area contributed by atoms with Crippen molar-refractivity contribution in [1.29, 1.82) is 0 Å². The zero-order valence-electron chi connectivity index (χ0n) is 19.6. The van der Waals surface area contributed by atoms with Crippen LogP contribution < -0.4 is 0 Å². The van der Waals surface area contributed by atoms with Gasteiger partial charge in [-0.05, 0) is 44.8 Å². The van der Waals surface area contributed by atoms with E-state index in [2.05, 4.69) is 31.9 Å². The van der Waals surface area contributed by atoms with Gasteiger partial charge in [0, 0.05) is 12.5 Å². The van der Waals surface area contributed by atoms with E-state index in [1.807, 2.05) is 78.8 Å². The number of allylic oxidation sites excluding steroid dienone is 9.